The van der Waals surface area contributed by atoms with Crippen LogP contribution in [0.15, 0.2) is 0 Å². The number of amides is 1. The van der Waals surface area contributed by atoms with E-state index in [1.165, 1.54) is 0 Å². The lowest BCUT2D eigenvalue weighted by molar-refractivity contribution is -0.535. The van der Waals surface area contributed by atoms with Gasteiger partial charge in [-0.3, -0.25) is 25.6 Å². The van der Waals surface area contributed by atoms with Crippen molar-refractivity contribution in [3.63, 3.8) is 0 Å². The molecule has 0 radical (unpaired) electrons. The van der Waals surface area contributed by atoms with E-state index in [2.05, 4.69) is 28.8 Å². The lowest BCUT2D eigenvalue weighted by Crippen LogP contribution is -2.37. The molecule has 0 heterocycles. The Labute approximate surface area is 128 Å². The molecule has 0 aromatic heterocycles. The van der Waals surface area contributed by atoms with Crippen molar-refractivity contribution in [2.75, 3.05) is 0 Å². The Hall–Kier alpha value is -0.850. The van der Waals surface area contributed by atoms with Crippen molar-refractivity contribution in [2.24, 2.45) is 11.8 Å². The highest BCUT2D eigenvalue weighted by molar-refractivity contribution is 5.79. The van der Waals surface area contributed by atoms with Gasteiger partial charge in [0.25, 0.3) is 0 Å². The van der Waals surface area contributed by atoms with E-state index in [9.17, 15) is 4.79 Å². The molecule has 22 heavy (non-hydrogen) atoms. The number of carbonyl (C=O) groups excluding carboxylic acids is 1. The monoisotopic (exact) mass is 323 g/mol. The second-order valence-corrected chi connectivity index (χ2v) is 6.00. The smallest absolute Gasteiger partial charge is 0.223 e. The summed E-state index contributed by atoms with van der Waals surface area (Å²) in [5, 5.41) is 36.7. The van der Waals surface area contributed by atoms with E-state index in [-0.39, 0.29) is 24.8 Å². The molecule has 5 N–H and O–H groups in total. The van der Waals surface area contributed by atoms with Crippen molar-refractivity contribution >= 4 is 5.91 Å². The van der Waals surface area contributed by atoms with Gasteiger partial charge in [-0.1, -0.05) is 13.8 Å². The summed E-state index contributed by atoms with van der Waals surface area (Å²) < 4.78 is 0. The zero-order valence-electron chi connectivity index (χ0n) is 12.9. The maximum Gasteiger partial charge on any atom is 0.223 e. The average molecular weight is 323 g/mol. The SMILES string of the molecule is CC(C)C[C@H](C)NC(=O)C1C[C@H](ON(O)O)[C@H](ON(O)O)C1. The lowest BCUT2D eigenvalue weighted by Gasteiger charge is -2.20. The van der Waals surface area contributed by atoms with Crippen LogP contribution in [0.5, 0.6) is 0 Å². The predicted molar refractivity (Wildman–Crippen MR) is 70.4 cm³/mol. The average Bonchev–Trinajstić information content (AvgIpc) is 2.69. The maximum atomic E-state index is 12.2. The van der Waals surface area contributed by atoms with E-state index in [0.717, 1.165) is 6.42 Å². The number of hydrogen-bond donors (Lipinski definition) is 5. The fraction of sp³-hybridized carbons (Fsp3) is 0.917. The molecule has 1 aliphatic rings. The summed E-state index contributed by atoms with van der Waals surface area (Å²) in [5.41, 5.74) is 0. The second kappa shape index (κ2) is 8.70. The largest absolute Gasteiger partial charge is 0.353 e. The molecule has 1 rings (SSSR count). The van der Waals surface area contributed by atoms with Gasteiger partial charge in [0.2, 0.25) is 5.91 Å². The molecule has 0 aliphatic heterocycles. The summed E-state index contributed by atoms with van der Waals surface area (Å²) in [6.45, 7) is 6.02. The van der Waals surface area contributed by atoms with Crippen molar-refractivity contribution in [1.82, 2.24) is 16.1 Å². The Kier molecular flexibility index (Phi) is 7.59. The summed E-state index contributed by atoms with van der Waals surface area (Å²) in [7, 11) is 0. The number of carbonyl (C=O) groups is 1. The van der Waals surface area contributed by atoms with Crippen LogP contribution in [0.3, 0.4) is 0 Å². The van der Waals surface area contributed by atoms with Crippen LogP contribution in [0.2, 0.25) is 0 Å². The van der Waals surface area contributed by atoms with Crippen LogP contribution in [-0.2, 0) is 14.5 Å². The first-order valence-electron chi connectivity index (χ1n) is 7.18. The number of rotatable bonds is 8. The van der Waals surface area contributed by atoms with Crippen molar-refractivity contribution in [3.8, 4) is 0 Å². The van der Waals surface area contributed by atoms with E-state index >= 15 is 0 Å². The van der Waals surface area contributed by atoms with Crippen molar-refractivity contribution in [1.29, 1.82) is 0 Å². The minimum absolute atomic E-state index is 0.00574. The first-order chi connectivity index (χ1) is 10.2. The molecule has 0 saturated heterocycles. The van der Waals surface area contributed by atoms with Gasteiger partial charge in [-0.05, 0) is 32.1 Å². The standard InChI is InChI=1S/C12H25N3O7/c1-7(2)4-8(3)13-12(16)9-5-10(21-14(17)18)11(6-9)22-15(19)20/h7-11,17-20H,4-6H2,1-3H3,(H,13,16)/t8-,9?,10-,11+/m0/s1. The topological polar surface area (TPSA) is 135 Å². The van der Waals surface area contributed by atoms with Crippen molar-refractivity contribution in [3.05, 3.63) is 0 Å². The number of nitrogens with zero attached hydrogens (tertiary/aromatic N) is 2. The van der Waals surface area contributed by atoms with E-state index in [4.69, 9.17) is 20.8 Å². The van der Waals surface area contributed by atoms with Gasteiger partial charge in [0.05, 0.1) is 10.8 Å². The summed E-state index contributed by atoms with van der Waals surface area (Å²) in [6, 6.07) is 0.00574. The van der Waals surface area contributed by atoms with Crippen LogP contribution >= 0.6 is 0 Å². The minimum atomic E-state index is -0.909. The van der Waals surface area contributed by atoms with Crippen LogP contribution in [0.1, 0.15) is 40.0 Å². The summed E-state index contributed by atoms with van der Waals surface area (Å²) in [4.78, 5) is 21.5. The molecule has 1 saturated carbocycles. The van der Waals surface area contributed by atoms with Gasteiger partial charge in [-0.2, -0.15) is 0 Å². The molecule has 1 fully saturated rings. The third-order valence-corrected chi connectivity index (χ3v) is 3.49. The quantitative estimate of drug-likeness (QED) is 0.409. The van der Waals surface area contributed by atoms with Gasteiger partial charge in [0.15, 0.2) is 0 Å². The van der Waals surface area contributed by atoms with Gasteiger partial charge in [0.1, 0.15) is 12.2 Å². The molecule has 10 nitrogen and oxygen atoms in total. The molecule has 4 atom stereocenters. The van der Waals surface area contributed by atoms with E-state index in [1.807, 2.05) is 6.92 Å². The molecule has 0 aromatic carbocycles. The zero-order valence-corrected chi connectivity index (χ0v) is 12.9. The van der Waals surface area contributed by atoms with Crippen LogP contribution in [0.25, 0.3) is 0 Å². The van der Waals surface area contributed by atoms with E-state index < -0.39 is 28.9 Å². The molecule has 10 heteroatoms. The normalized spacial score (nSPS) is 26.9. The minimum Gasteiger partial charge on any atom is -0.353 e. The Morgan fingerprint density at radius 1 is 1.09 bits per heavy atom. The fourth-order valence-corrected chi connectivity index (χ4v) is 2.77. The molecule has 0 aromatic rings. The van der Waals surface area contributed by atoms with Crippen molar-refractivity contribution < 1.29 is 35.3 Å². The van der Waals surface area contributed by atoms with E-state index in [0.29, 0.717) is 5.92 Å². The fourth-order valence-electron chi connectivity index (χ4n) is 2.77. The Bertz CT molecular complexity index is 336. The molecular weight excluding hydrogens is 298 g/mol. The van der Waals surface area contributed by atoms with Gasteiger partial charge in [-0.25, -0.2) is 9.68 Å². The van der Waals surface area contributed by atoms with E-state index in [1.54, 1.807) is 0 Å². The highest BCUT2D eigenvalue weighted by Gasteiger charge is 2.42. The third kappa shape index (κ3) is 6.50. The number of nitrogens with one attached hydrogen (secondary N) is 1. The Morgan fingerprint density at radius 2 is 1.55 bits per heavy atom. The maximum absolute atomic E-state index is 12.2. The molecule has 0 spiro atoms. The highest BCUT2D eigenvalue weighted by atomic mass is 17.1. The predicted octanol–water partition coefficient (Wildman–Crippen LogP) is 0.708. The van der Waals surface area contributed by atoms with Crippen LogP contribution in [0, 0.1) is 11.8 Å². The van der Waals surface area contributed by atoms with Crippen LogP contribution in [0.4, 0.5) is 0 Å². The molecule has 1 unspecified atom stereocenters. The van der Waals surface area contributed by atoms with Crippen LogP contribution in [-0.4, -0.2) is 55.8 Å². The number of hydrogen-bond acceptors (Lipinski definition) is 9. The first kappa shape index (κ1) is 19.2. The van der Waals surface area contributed by atoms with Gasteiger partial charge in [-0.15, -0.1) is 0 Å². The lowest BCUT2D eigenvalue weighted by atomic mass is 10.0. The molecule has 1 aliphatic carbocycles. The van der Waals surface area contributed by atoms with Gasteiger partial charge in [0, 0.05) is 12.0 Å². The first-order valence-corrected chi connectivity index (χ1v) is 7.18. The van der Waals surface area contributed by atoms with Crippen molar-refractivity contribution in [2.45, 2.75) is 58.3 Å². The van der Waals surface area contributed by atoms with Gasteiger partial charge < -0.3 is 5.32 Å². The zero-order chi connectivity index (χ0) is 16.9. The third-order valence-electron chi connectivity index (χ3n) is 3.49. The highest BCUT2D eigenvalue weighted by Crippen LogP contribution is 2.31. The van der Waals surface area contributed by atoms with Crippen LogP contribution < -0.4 is 5.32 Å². The summed E-state index contributed by atoms with van der Waals surface area (Å²) >= 11 is 0. The Balaban J connectivity index is 2.58. The Morgan fingerprint density at radius 3 is 1.91 bits per heavy atom. The molecular formula is C12H25N3O7. The van der Waals surface area contributed by atoms with Gasteiger partial charge >= 0.3 is 0 Å². The summed E-state index contributed by atoms with van der Waals surface area (Å²) in [6.07, 6.45) is -0.687. The molecule has 0 bridgehead atoms. The molecule has 130 valence electrons. The molecule has 1 amide bonds. The summed E-state index contributed by atoms with van der Waals surface area (Å²) in [5.74, 6) is -0.261. The second-order valence-electron chi connectivity index (χ2n) is 6.00.